The van der Waals surface area contributed by atoms with Gasteiger partial charge in [0.1, 0.15) is 5.82 Å². The number of para-hydroxylation sites is 1. The van der Waals surface area contributed by atoms with Gasteiger partial charge in [-0.1, -0.05) is 30.3 Å². The fourth-order valence-corrected chi connectivity index (χ4v) is 3.35. The van der Waals surface area contributed by atoms with Crippen molar-refractivity contribution in [2.45, 2.75) is 6.54 Å². The SMILES string of the molecule is COC(=O)c1cccc(Cn2cc(C=Nc3ccc(F)cc3F)c3ccccc32)c1. The van der Waals surface area contributed by atoms with Crippen LogP contribution in [0.15, 0.2) is 77.9 Å². The Bertz CT molecular complexity index is 1260. The molecule has 0 N–H and O–H groups in total. The highest BCUT2D eigenvalue weighted by Crippen LogP contribution is 2.24. The first kappa shape index (κ1) is 19.5. The number of carbonyl (C=O) groups is 1. The molecule has 0 saturated heterocycles. The van der Waals surface area contributed by atoms with Gasteiger partial charge in [0.05, 0.1) is 18.4 Å². The number of benzene rings is 3. The number of ether oxygens (including phenoxy) is 1. The van der Waals surface area contributed by atoms with Crippen LogP contribution in [0.5, 0.6) is 0 Å². The molecule has 0 fully saturated rings. The molecule has 0 amide bonds. The molecule has 4 rings (SSSR count). The third-order valence-corrected chi connectivity index (χ3v) is 4.77. The smallest absolute Gasteiger partial charge is 0.337 e. The maximum absolute atomic E-state index is 13.9. The number of aromatic nitrogens is 1. The molecule has 0 aliphatic carbocycles. The van der Waals surface area contributed by atoms with E-state index in [2.05, 4.69) is 4.99 Å². The van der Waals surface area contributed by atoms with E-state index in [1.165, 1.54) is 19.2 Å². The Morgan fingerprint density at radius 2 is 1.90 bits per heavy atom. The van der Waals surface area contributed by atoms with Crippen molar-refractivity contribution in [3.8, 4) is 0 Å². The van der Waals surface area contributed by atoms with Crippen LogP contribution in [-0.2, 0) is 11.3 Å². The first-order valence-corrected chi connectivity index (χ1v) is 9.29. The van der Waals surface area contributed by atoms with Gasteiger partial charge in [-0.3, -0.25) is 4.99 Å². The summed E-state index contributed by atoms with van der Waals surface area (Å²) in [5, 5.41) is 0.952. The van der Waals surface area contributed by atoms with Gasteiger partial charge < -0.3 is 9.30 Å². The lowest BCUT2D eigenvalue weighted by Crippen LogP contribution is -2.03. The summed E-state index contributed by atoms with van der Waals surface area (Å²) >= 11 is 0. The summed E-state index contributed by atoms with van der Waals surface area (Å²) < 4.78 is 33.8. The van der Waals surface area contributed by atoms with Gasteiger partial charge >= 0.3 is 5.97 Å². The van der Waals surface area contributed by atoms with Crippen molar-refractivity contribution in [3.63, 3.8) is 0 Å². The zero-order valence-electron chi connectivity index (χ0n) is 16.2. The van der Waals surface area contributed by atoms with Crippen LogP contribution >= 0.6 is 0 Å². The van der Waals surface area contributed by atoms with E-state index in [1.54, 1.807) is 18.3 Å². The van der Waals surface area contributed by atoms with Crippen molar-refractivity contribution < 1.29 is 18.3 Å². The third kappa shape index (κ3) is 3.98. The highest BCUT2D eigenvalue weighted by molar-refractivity contribution is 6.00. The summed E-state index contributed by atoms with van der Waals surface area (Å²) in [6.45, 7) is 0.532. The number of aliphatic imine (C=N–C) groups is 1. The average Bonchev–Trinajstić information content (AvgIpc) is 3.10. The molecule has 4 aromatic rings. The number of fused-ring (bicyclic) bond motifs is 1. The van der Waals surface area contributed by atoms with Gasteiger partial charge in [0.2, 0.25) is 0 Å². The number of nitrogens with zero attached hydrogens (tertiary/aromatic N) is 2. The molecule has 1 heterocycles. The molecule has 6 heteroatoms. The second-order valence-corrected chi connectivity index (χ2v) is 6.78. The van der Waals surface area contributed by atoms with Gasteiger partial charge in [0.15, 0.2) is 5.82 Å². The van der Waals surface area contributed by atoms with E-state index in [0.717, 1.165) is 28.1 Å². The number of hydrogen-bond donors (Lipinski definition) is 0. The molecule has 0 bridgehead atoms. The molecule has 0 aliphatic heterocycles. The van der Waals surface area contributed by atoms with Crippen molar-refractivity contribution in [2.75, 3.05) is 7.11 Å². The first-order chi connectivity index (χ1) is 14.5. The number of carbonyl (C=O) groups excluding carboxylic acids is 1. The molecule has 0 aliphatic rings. The van der Waals surface area contributed by atoms with E-state index in [1.807, 2.05) is 47.2 Å². The quantitative estimate of drug-likeness (QED) is 0.325. The summed E-state index contributed by atoms with van der Waals surface area (Å²) in [5.74, 6) is -1.74. The molecule has 0 unspecified atom stereocenters. The molecule has 1 aromatic heterocycles. The molecular formula is C24H18F2N2O2. The van der Waals surface area contributed by atoms with Crippen LogP contribution < -0.4 is 0 Å². The second-order valence-electron chi connectivity index (χ2n) is 6.78. The average molecular weight is 404 g/mol. The molecule has 3 aromatic carbocycles. The number of halogens is 2. The van der Waals surface area contributed by atoms with Crippen LogP contribution in [0.1, 0.15) is 21.5 Å². The molecule has 0 spiro atoms. The van der Waals surface area contributed by atoms with Crippen LogP contribution in [-0.4, -0.2) is 23.9 Å². The van der Waals surface area contributed by atoms with E-state index in [-0.39, 0.29) is 11.7 Å². The Morgan fingerprint density at radius 1 is 1.07 bits per heavy atom. The van der Waals surface area contributed by atoms with Crippen molar-refractivity contribution in [1.82, 2.24) is 4.57 Å². The fraction of sp³-hybridized carbons (Fsp3) is 0.0833. The zero-order valence-corrected chi connectivity index (χ0v) is 16.2. The van der Waals surface area contributed by atoms with Crippen LogP contribution in [0.25, 0.3) is 10.9 Å². The van der Waals surface area contributed by atoms with E-state index >= 15 is 0 Å². The van der Waals surface area contributed by atoms with Crippen LogP contribution in [0.2, 0.25) is 0 Å². The predicted molar refractivity (Wildman–Crippen MR) is 112 cm³/mol. The van der Waals surface area contributed by atoms with E-state index in [4.69, 9.17) is 4.74 Å². The Hall–Kier alpha value is -3.80. The zero-order chi connectivity index (χ0) is 21.1. The molecular weight excluding hydrogens is 386 g/mol. The third-order valence-electron chi connectivity index (χ3n) is 4.77. The Balaban J connectivity index is 1.69. The summed E-state index contributed by atoms with van der Waals surface area (Å²) in [6.07, 6.45) is 3.49. The maximum atomic E-state index is 13.9. The Morgan fingerprint density at radius 3 is 2.70 bits per heavy atom. The standard InChI is InChI=1S/C24H18F2N2O2/c1-30-24(29)17-6-4-5-16(11-17)14-28-15-18(20-7-2-3-8-23(20)28)13-27-22-10-9-19(25)12-21(22)26/h2-13,15H,14H2,1H3. The van der Waals surface area contributed by atoms with Gasteiger partial charge in [0.25, 0.3) is 0 Å². The number of rotatable bonds is 5. The van der Waals surface area contributed by atoms with Gasteiger partial charge in [-0.25, -0.2) is 13.6 Å². The minimum Gasteiger partial charge on any atom is -0.465 e. The fourth-order valence-electron chi connectivity index (χ4n) is 3.35. The highest BCUT2D eigenvalue weighted by atomic mass is 19.1. The van der Waals surface area contributed by atoms with Gasteiger partial charge in [-0.05, 0) is 35.9 Å². The number of methoxy groups -OCH3 is 1. The second kappa shape index (κ2) is 8.29. The minimum atomic E-state index is -0.713. The maximum Gasteiger partial charge on any atom is 0.337 e. The van der Waals surface area contributed by atoms with Crippen LogP contribution in [0, 0.1) is 11.6 Å². The predicted octanol–water partition coefficient (Wildman–Crippen LogP) is 5.51. The monoisotopic (exact) mass is 404 g/mol. The lowest BCUT2D eigenvalue weighted by atomic mass is 10.1. The number of hydrogen-bond acceptors (Lipinski definition) is 3. The van der Waals surface area contributed by atoms with Gasteiger partial charge in [-0.2, -0.15) is 0 Å². The Labute approximate surface area is 172 Å². The largest absolute Gasteiger partial charge is 0.465 e. The highest BCUT2D eigenvalue weighted by Gasteiger charge is 2.10. The Kier molecular flexibility index (Phi) is 5.39. The van der Waals surface area contributed by atoms with E-state index in [9.17, 15) is 13.6 Å². The molecule has 30 heavy (non-hydrogen) atoms. The van der Waals surface area contributed by atoms with E-state index in [0.29, 0.717) is 12.1 Å². The summed E-state index contributed by atoms with van der Waals surface area (Å²) in [4.78, 5) is 16.0. The molecule has 0 saturated carbocycles. The van der Waals surface area contributed by atoms with Crippen LogP contribution in [0.3, 0.4) is 0 Å². The van der Waals surface area contributed by atoms with Crippen molar-refractivity contribution in [1.29, 1.82) is 0 Å². The van der Waals surface area contributed by atoms with Crippen molar-refractivity contribution in [3.05, 3.63) is 101 Å². The summed E-state index contributed by atoms with van der Waals surface area (Å²) in [7, 11) is 1.35. The van der Waals surface area contributed by atoms with Crippen molar-refractivity contribution >= 4 is 28.8 Å². The lowest BCUT2D eigenvalue weighted by Gasteiger charge is -2.07. The summed E-state index contributed by atoms with van der Waals surface area (Å²) in [5.41, 5.74) is 3.27. The number of esters is 1. The molecule has 150 valence electrons. The van der Waals surface area contributed by atoms with Crippen LogP contribution in [0.4, 0.5) is 14.5 Å². The lowest BCUT2D eigenvalue weighted by molar-refractivity contribution is 0.0600. The van der Waals surface area contributed by atoms with Crippen molar-refractivity contribution in [2.24, 2.45) is 4.99 Å². The molecule has 4 nitrogen and oxygen atoms in total. The van der Waals surface area contributed by atoms with Gasteiger partial charge in [-0.15, -0.1) is 0 Å². The topological polar surface area (TPSA) is 43.6 Å². The first-order valence-electron chi connectivity index (χ1n) is 9.29. The normalized spacial score (nSPS) is 11.3. The molecule has 0 radical (unpaired) electrons. The van der Waals surface area contributed by atoms with E-state index < -0.39 is 11.6 Å². The summed E-state index contributed by atoms with van der Waals surface area (Å²) in [6, 6.07) is 18.3. The minimum absolute atomic E-state index is 0.0685. The van der Waals surface area contributed by atoms with Gasteiger partial charge in [0, 0.05) is 41.5 Å². The molecule has 0 atom stereocenters.